The first-order valence-electron chi connectivity index (χ1n) is 13.5. The first-order chi connectivity index (χ1) is 20.5. The van der Waals surface area contributed by atoms with Gasteiger partial charge in [-0.3, -0.25) is 15.1 Å². The average Bonchev–Trinajstić information content (AvgIpc) is 3.63. The molecular formula is C32H27N5O3S2. The summed E-state index contributed by atoms with van der Waals surface area (Å²) in [5.74, 6) is 0.832. The molecule has 3 heterocycles. The summed E-state index contributed by atoms with van der Waals surface area (Å²) in [5.41, 5.74) is 4.01. The number of nitrogens with zero attached hydrogens (tertiary/aromatic N) is 4. The number of thiocarbonyl (C=S) groups is 1. The van der Waals surface area contributed by atoms with E-state index in [1.165, 1.54) is 12.1 Å². The number of non-ortho nitro benzene ring substituents is 1. The molecule has 5 aromatic rings. The molecule has 2 aromatic heterocycles. The van der Waals surface area contributed by atoms with Crippen LogP contribution in [0.3, 0.4) is 0 Å². The predicted molar refractivity (Wildman–Crippen MR) is 169 cm³/mol. The number of nitro groups is 1. The molecule has 0 spiro atoms. The predicted octanol–water partition coefficient (Wildman–Crippen LogP) is 7.51. The number of anilines is 1. The Hall–Kier alpha value is -4.67. The Bertz CT molecular complexity index is 1690. The monoisotopic (exact) mass is 593 g/mol. The molecule has 1 aliphatic heterocycles. The van der Waals surface area contributed by atoms with Crippen molar-refractivity contribution in [3.05, 3.63) is 137 Å². The standard InChI is InChI=1S/C32H27N5O3S2/c1-2-40-25-14-8-22(9-15-25)35-21-5-7-29(35)31-30(28-6-3-4-20-33-28)34-32(41)36(31)23-10-16-26(17-11-23)42-27-18-12-24(13-19-27)37(38)39/h3-21,30-31H,2H2,1H3,(H,34,41)/t30-,31-/m0/s1. The van der Waals surface area contributed by atoms with Crippen LogP contribution in [-0.2, 0) is 0 Å². The SMILES string of the molecule is CCOc1ccc(-n2cccc2[C@H]2[C@H](c3ccccn3)NC(=S)N2c2ccc(Sc3ccc([N+](=O)[O-])cc3)cc2)cc1. The maximum Gasteiger partial charge on any atom is 0.269 e. The molecule has 0 bridgehead atoms. The summed E-state index contributed by atoms with van der Waals surface area (Å²) in [7, 11) is 0. The number of rotatable bonds is 9. The molecule has 3 aromatic carbocycles. The summed E-state index contributed by atoms with van der Waals surface area (Å²) in [6.45, 7) is 2.59. The molecule has 1 saturated heterocycles. The number of nitro benzene ring substituents is 1. The van der Waals surface area contributed by atoms with E-state index in [0.29, 0.717) is 11.7 Å². The number of ether oxygens (including phenoxy) is 1. The third-order valence-corrected chi connectivity index (χ3v) is 8.34. The van der Waals surface area contributed by atoms with E-state index in [1.807, 2.05) is 55.5 Å². The van der Waals surface area contributed by atoms with Crippen LogP contribution < -0.4 is 15.0 Å². The van der Waals surface area contributed by atoms with Gasteiger partial charge in [0.15, 0.2) is 5.11 Å². The van der Waals surface area contributed by atoms with Crippen LogP contribution in [0.1, 0.15) is 30.4 Å². The third kappa shape index (κ3) is 5.59. The smallest absolute Gasteiger partial charge is 0.269 e. The molecule has 1 aliphatic rings. The second-order valence-electron chi connectivity index (χ2n) is 9.57. The molecule has 42 heavy (non-hydrogen) atoms. The lowest BCUT2D eigenvalue weighted by Crippen LogP contribution is -2.30. The number of benzene rings is 3. The van der Waals surface area contributed by atoms with Gasteiger partial charge in [-0.15, -0.1) is 0 Å². The Morgan fingerprint density at radius 1 is 0.929 bits per heavy atom. The highest BCUT2D eigenvalue weighted by Gasteiger charge is 2.42. The molecular weight excluding hydrogens is 567 g/mol. The zero-order chi connectivity index (χ0) is 29.1. The summed E-state index contributed by atoms with van der Waals surface area (Å²) < 4.78 is 7.83. The molecule has 1 N–H and O–H groups in total. The van der Waals surface area contributed by atoms with Crippen molar-refractivity contribution in [3.8, 4) is 11.4 Å². The van der Waals surface area contributed by atoms with Crippen LogP contribution in [0.15, 0.2) is 125 Å². The Kier molecular flexibility index (Phi) is 7.89. The Morgan fingerprint density at radius 2 is 1.62 bits per heavy atom. The molecule has 0 amide bonds. The molecule has 10 heteroatoms. The number of aromatic nitrogens is 2. The number of hydrogen-bond donors (Lipinski definition) is 1. The minimum Gasteiger partial charge on any atom is -0.494 e. The van der Waals surface area contributed by atoms with Gasteiger partial charge >= 0.3 is 0 Å². The second-order valence-corrected chi connectivity index (χ2v) is 11.1. The van der Waals surface area contributed by atoms with Gasteiger partial charge in [-0.25, -0.2) is 0 Å². The van der Waals surface area contributed by atoms with Gasteiger partial charge in [0.25, 0.3) is 5.69 Å². The molecule has 6 rings (SSSR count). The molecule has 0 unspecified atom stereocenters. The van der Waals surface area contributed by atoms with E-state index >= 15 is 0 Å². The van der Waals surface area contributed by atoms with Crippen molar-refractivity contribution < 1.29 is 9.66 Å². The lowest BCUT2D eigenvalue weighted by atomic mass is 10.0. The molecule has 2 atom stereocenters. The molecule has 0 saturated carbocycles. The highest BCUT2D eigenvalue weighted by molar-refractivity contribution is 7.99. The maximum absolute atomic E-state index is 11.0. The van der Waals surface area contributed by atoms with E-state index in [2.05, 4.69) is 56.3 Å². The quantitative estimate of drug-likeness (QED) is 0.107. The van der Waals surface area contributed by atoms with E-state index in [9.17, 15) is 10.1 Å². The van der Waals surface area contributed by atoms with Crippen molar-refractivity contribution in [2.45, 2.75) is 28.8 Å². The van der Waals surface area contributed by atoms with Gasteiger partial charge in [-0.1, -0.05) is 17.8 Å². The van der Waals surface area contributed by atoms with Gasteiger partial charge in [0.1, 0.15) is 11.8 Å². The van der Waals surface area contributed by atoms with Gasteiger partial charge in [-0.05, 0) is 104 Å². The van der Waals surface area contributed by atoms with Crippen LogP contribution in [0.25, 0.3) is 5.69 Å². The van der Waals surface area contributed by atoms with Crippen LogP contribution in [0.4, 0.5) is 11.4 Å². The molecule has 210 valence electrons. The normalized spacial score (nSPS) is 16.3. The summed E-state index contributed by atoms with van der Waals surface area (Å²) in [5, 5.41) is 15.1. The Morgan fingerprint density at radius 3 is 2.26 bits per heavy atom. The topological polar surface area (TPSA) is 85.5 Å². The third-order valence-electron chi connectivity index (χ3n) is 7.01. The van der Waals surface area contributed by atoms with Crippen molar-refractivity contribution in [3.63, 3.8) is 0 Å². The van der Waals surface area contributed by atoms with Gasteiger partial charge in [-0.2, -0.15) is 0 Å². The fourth-order valence-corrected chi connectivity index (χ4v) is 6.28. The van der Waals surface area contributed by atoms with Crippen molar-refractivity contribution in [1.29, 1.82) is 0 Å². The minimum atomic E-state index is -0.392. The number of pyridine rings is 1. The fraction of sp³-hybridized carbons (Fsp3) is 0.125. The van der Waals surface area contributed by atoms with Crippen LogP contribution in [0, 0.1) is 10.1 Å². The van der Waals surface area contributed by atoms with Gasteiger partial charge in [0, 0.05) is 51.4 Å². The molecule has 8 nitrogen and oxygen atoms in total. The van der Waals surface area contributed by atoms with Crippen LogP contribution in [-0.4, -0.2) is 26.2 Å². The summed E-state index contributed by atoms with van der Waals surface area (Å²) >= 11 is 7.48. The zero-order valence-corrected chi connectivity index (χ0v) is 24.3. The highest BCUT2D eigenvalue weighted by Crippen LogP contribution is 2.43. The Balaban J connectivity index is 1.34. The molecule has 0 aliphatic carbocycles. The van der Waals surface area contributed by atoms with Crippen LogP contribution in [0.5, 0.6) is 5.75 Å². The minimum absolute atomic E-state index is 0.0771. The largest absolute Gasteiger partial charge is 0.494 e. The van der Waals surface area contributed by atoms with Crippen molar-refractivity contribution in [1.82, 2.24) is 14.9 Å². The average molecular weight is 594 g/mol. The van der Waals surface area contributed by atoms with E-state index in [4.69, 9.17) is 17.0 Å². The van der Waals surface area contributed by atoms with E-state index in [0.717, 1.165) is 38.3 Å². The summed E-state index contributed by atoms with van der Waals surface area (Å²) in [6.07, 6.45) is 3.86. The number of hydrogen-bond acceptors (Lipinski definition) is 6. The molecule has 1 fully saturated rings. The second kappa shape index (κ2) is 12.1. The lowest BCUT2D eigenvalue weighted by molar-refractivity contribution is -0.384. The zero-order valence-electron chi connectivity index (χ0n) is 22.7. The van der Waals surface area contributed by atoms with Crippen LogP contribution in [0.2, 0.25) is 0 Å². The van der Waals surface area contributed by atoms with E-state index in [1.54, 1.807) is 30.1 Å². The van der Waals surface area contributed by atoms with Crippen molar-refractivity contribution in [2.75, 3.05) is 11.5 Å². The van der Waals surface area contributed by atoms with Crippen LogP contribution >= 0.6 is 24.0 Å². The lowest BCUT2D eigenvalue weighted by Gasteiger charge is -2.29. The van der Waals surface area contributed by atoms with Gasteiger partial charge < -0.3 is 19.5 Å². The fourth-order valence-electron chi connectivity index (χ4n) is 5.12. The number of nitrogens with one attached hydrogen (secondary N) is 1. The van der Waals surface area contributed by atoms with Gasteiger partial charge in [0.2, 0.25) is 0 Å². The van der Waals surface area contributed by atoms with E-state index < -0.39 is 4.92 Å². The first kappa shape index (κ1) is 27.5. The molecule has 0 radical (unpaired) electrons. The van der Waals surface area contributed by atoms with Gasteiger partial charge in [0.05, 0.1) is 23.3 Å². The first-order valence-corrected chi connectivity index (χ1v) is 14.7. The van der Waals surface area contributed by atoms with Crippen molar-refractivity contribution >= 4 is 40.5 Å². The Labute approximate surface area is 253 Å². The van der Waals surface area contributed by atoms with Crippen molar-refractivity contribution in [2.24, 2.45) is 0 Å². The summed E-state index contributed by atoms with van der Waals surface area (Å²) in [4.78, 5) is 19.4. The summed E-state index contributed by atoms with van der Waals surface area (Å²) in [6, 6.07) is 32.6. The van der Waals surface area contributed by atoms with E-state index in [-0.39, 0.29) is 17.8 Å². The highest BCUT2D eigenvalue weighted by atomic mass is 32.2. The maximum atomic E-state index is 11.0.